The maximum Gasteiger partial charge on any atom is 0.238 e. The molecular weight excluding hydrogens is 627 g/mol. The third-order valence-corrected chi connectivity index (χ3v) is 8.63. The molecule has 0 bridgehead atoms. The van der Waals surface area contributed by atoms with E-state index in [0.717, 1.165) is 9.95 Å². The summed E-state index contributed by atoms with van der Waals surface area (Å²) in [5.41, 5.74) is -1.42. The highest BCUT2D eigenvalue weighted by atomic mass is 16.3. The maximum absolute atomic E-state index is 9.66. The summed E-state index contributed by atoms with van der Waals surface area (Å²) >= 11 is 0. The zero-order valence-electron chi connectivity index (χ0n) is 45.7. The Hall–Kier alpha value is -7.05. The summed E-state index contributed by atoms with van der Waals surface area (Å²) in [6.45, 7) is 0. The van der Waals surface area contributed by atoms with Crippen molar-refractivity contribution in [3.63, 3.8) is 0 Å². The molecule has 7 aromatic carbocycles. The van der Waals surface area contributed by atoms with E-state index < -0.39 is 155 Å². The number of hydrogen-bond donors (Lipinski definition) is 0. The fourth-order valence-electron chi connectivity index (χ4n) is 6.53. The first-order valence-electron chi connectivity index (χ1n) is 25.4. The molecule has 0 saturated carbocycles. The Balaban J connectivity index is 1.44. The highest BCUT2D eigenvalue weighted by molar-refractivity contribution is 6.23. The lowest BCUT2D eigenvalue weighted by molar-refractivity contribution is 0.668. The fraction of sp³-hybridized carbons (Fsp3) is 0. The summed E-state index contributed by atoms with van der Waals surface area (Å²) in [5, 5.41) is 0.223. The second-order valence-electron chi connectivity index (χ2n) is 11.4. The summed E-state index contributed by atoms with van der Waals surface area (Å²) in [5.74, 6) is -2.16. The van der Waals surface area contributed by atoms with E-state index in [9.17, 15) is 8.22 Å². The summed E-state index contributed by atoms with van der Waals surface area (Å²) < 4.78 is 187. The fourth-order valence-corrected chi connectivity index (χ4v) is 6.53. The molecule has 0 amide bonds. The van der Waals surface area contributed by atoms with Crippen LogP contribution in [0.1, 0.15) is 27.4 Å². The Morgan fingerprint density at radius 2 is 1.00 bits per heavy atom. The molecule has 238 valence electrons. The lowest BCUT2D eigenvalue weighted by Crippen LogP contribution is -2.07. The standard InChI is InChI=1S/C45H27N5O/c1-3-13-28(14-4-1)43-46-44(29-15-5-2-6-16-29)48-45(47-43)50-38-21-11-8-18-32(38)36-26-25-35-31-17-7-10-20-37(31)49(41(35)42(36)50)30-23-24-34-33-19-9-12-22-39(33)51-40(34)27-30/h1-27H/i1D,2D,3D,4D,5D,6D,7D,8D,10D,11D,13D,14D,15D,16D,17D,18D,20D,21D,25D,26D. The molecule has 11 rings (SSSR count). The normalized spacial score (nSPS) is 17.4. The van der Waals surface area contributed by atoms with Crippen LogP contribution >= 0.6 is 0 Å². The van der Waals surface area contributed by atoms with E-state index in [1.807, 2.05) is 12.1 Å². The van der Waals surface area contributed by atoms with Crippen molar-refractivity contribution in [1.29, 1.82) is 0 Å². The highest BCUT2D eigenvalue weighted by Gasteiger charge is 2.23. The van der Waals surface area contributed by atoms with Crippen LogP contribution in [0.3, 0.4) is 0 Å². The third-order valence-electron chi connectivity index (χ3n) is 8.63. The van der Waals surface area contributed by atoms with E-state index in [2.05, 4.69) is 15.0 Å². The van der Waals surface area contributed by atoms with E-state index >= 15 is 0 Å². The smallest absolute Gasteiger partial charge is 0.238 e. The molecule has 0 unspecified atom stereocenters. The quantitative estimate of drug-likeness (QED) is 0.187. The number of para-hydroxylation sites is 3. The van der Waals surface area contributed by atoms with Crippen molar-refractivity contribution in [2.75, 3.05) is 0 Å². The molecular formula is C45H27N5O. The third kappa shape index (κ3) is 4.14. The molecule has 0 radical (unpaired) electrons. The largest absolute Gasteiger partial charge is 0.456 e. The molecule has 11 aromatic rings. The van der Waals surface area contributed by atoms with Crippen molar-refractivity contribution in [1.82, 2.24) is 24.1 Å². The van der Waals surface area contributed by atoms with Crippen LogP contribution in [0.15, 0.2) is 168 Å². The molecule has 0 aliphatic carbocycles. The molecule has 0 N–H and O–H groups in total. The van der Waals surface area contributed by atoms with E-state index in [4.69, 9.17) is 23.6 Å². The molecule has 0 aliphatic rings. The number of furan rings is 1. The van der Waals surface area contributed by atoms with Gasteiger partial charge in [0, 0.05) is 49.5 Å². The predicted molar refractivity (Wildman–Crippen MR) is 207 cm³/mol. The van der Waals surface area contributed by atoms with Crippen LogP contribution in [0.25, 0.3) is 100.0 Å². The van der Waals surface area contributed by atoms with Gasteiger partial charge in [-0.3, -0.25) is 4.57 Å². The first-order valence-corrected chi connectivity index (χ1v) is 15.4. The SMILES string of the molecule is [2H]c1c([2H])c([2H])c(-c2nc(-c3c([2H])c([2H])c([2H])c([2H])c3[2H])nc(-n3c4c([2H])c([2H])c([2H])c([2H])c4c4c([2H])c([2H])c5c6c([2H])c([2H])c([2H])c([2H])c6n(-c6ccc7c(c6)oc6ccccc67)c5c43)n2)c([2H])c1[2H]. The van der Waals surface area contributed by atoms with Crippen LogP contribution in [0.4, 0.5) is 0 Å². The Morgan fingerprint density at radius 3 is 1.67 bits per heavy atom. The van der Waals surface area contributed by atoms with Gasteiger partial charge >= 0.3 is 0 Å². The minimum Gasteiger partial charge on any atom is -0.456 e. The zero-order valence-corrected chi connectivity index (χ0v) is 25.7. The van der Waals surface area contributed by atoms with Gasteiger partial charge in [0.15, 0.2) is 11.6 Å². The van der Waals surface area contributed by atoms with Gasteiger partial charge in [0.1, 0.15) is 11.2 Å². The summed E-state index contributed by atoms with van der Waals surface area (Å²) in [6.07, 6.45) is 0. The lowest BCUT2D eigenvalue weighted by atomic mass is 10.1. The number of benzene rings is 7. The van der Waals surface area contributed by atoms with Crippen LogP contribution in [0.2, 0.25) is 0 Å². The van der Waals surface area contributed by atoms with Gasteiger partial charge < -0.3 is 8.98 Å². The van der Waals surface area contributed by atoms with Gasteiger partial charge in [-0.15, -0.1) is 0 Å². The average molecular weight is 674 g/mol. The van der Waals surface area contributed by atoms with Crippen molar-refractivity contribution >= 4 is 65.6 Å². The molecule has 51 heavy (non-hydrogen) atoms. The highest BCUT2D eigenvalue weighted by Crippen LogP contribution is 2.42. The number of aromatic nitrogens is 5. The first-order chi connectivity index (χ1) is 33.6. The van der Waals surface area contributed by atoms with Crippen LogP contribution in [0, 0.1) is 0 Å². The maximum atomic E-state index is 9.66. The van der Waals surface area contributed by atoms with Crippen molar-refractivity contribution in [2.45, 2.75) is 0 Å². The zero-order chi connectivity index (χ0) is 50.9. The minimum absolute atomic E-state index is 0.173. The van der Waals surface area contributed by atoms with Gasteiger partial charge in [0.05, 0.1) is 55.2 Å². The van der Waals surface area contributed by atoms with E-state index in [-0.39, 0.29) is 43.8 Å². The average Bonchev–Trinajstić information content (AvgIpc) is 4.04. The van der Waals surface area contributed by atoms with Crippen molar-refractivity contribution in [3.8, 4) is 34.4 Å². The monoisotopic (exact) mass is 673 g/mol. The molecule has 0 saturated heterocycles. The second kappa shape index (κ2) is 10.7. The Labute approximate surface area is 319 Å². The van der Waals surface area contributed by atoms with Gasteiger partial charge in [0.25, 0.3) is 0 Å². The van der Waals surface area contributed by atoms with Crippen LogP contribution < -0.4 is 0 Å². The van der Waals surface area contributed by atoms with E-state index in [1.165, 1.54) is 4.57 Å². The van der Waals surface area contributed by atoms with E-state index in [0.29, 0.717) is 16.6 Å². The van der Waals surface area contributed by atoms with Crippen molar-refractivity contribution < 1.29 is 31.8 Å². The number of hydrogen-bond acceptors (Lipinski definition) is 4. The van der Waals surface area contributed by atoms with Gasteiger partial charge in [-0.25, -0.2) is 4.98 Å². The van der Waals surface area contributed by atoms with E-state index in [1.54, 1.807) is 30.3 Å². The van der Waals surface area contributed by atoms with Crippen LogP contribution in [-0.4, -0.2) is 24.1 Å². The molecule has 0 aliphatic heterocycles. The molecule has 4 aromatic heterocycles. The van der Waals surface area contributed by atoms with Gasteiger partial charge in [-0.1, -0.05) is 127 Å². The molecule has 6 heteroatoms. The molecule has 0 spiro atoms. The Morgan fingerprint density at radius 1 is 0.451 bits per heavy atom. The van der Waals surface area contributed by atoms with Gasteiger partial charge in [0.2, 0.25) is 5.95 Å². The Bertz CT molecular complexity index is 4170. The van der Waals surface area contributed by atoms with Gasteiger partial charge in [-0.2, -0.15) is 9.97 Å². The van der Waals surface area contributed by atoms with Gasteiger partial charge in [-0.05, 0) is 30.3 Å². The summed E-state index contributed by atoms with van der Waals surface area (Å²) in [7, 11) is 0. The van der Waals surface area contributed by atoms with Crippen molar-refractivity contribution in [2.24, 2.45) is 0 Å². The van der Waals surface area contributed by atoms with Crippen molar-refractivity contribution in [3.05, 3.63) is 163 Å². The molecule has 6 nitrogen and oxygen atoms in total. The summed E-state index contributed by atoms with van der Waals surface area (Å²) in [6, 6.07) is -3.01. The predicted octanol–water partition coefficient (Wildman–Crippen LogP) is 11.3. The van der Waals surface area contributed by atoms with Crippen LogP contribution in [-0.2, 0) is 0 Å². The topological polar surface area (TPSA) is 61.7 Å². The first kappa shape index (κ1) is 14.8. The molecule has 0 fully saturated rings. The molecule has 4 heterocycles. The minimum atomic E-state index is -0.830. The lowest BCUT2D eigenvalue weighted by Gasteiger charge is -2.13. The second-order valence-corrected chi connectivity index (χ2v) is 11.4. The number of fused-ring (bicyclic) bond motifs is 10. The summed E-state index contributed by atoms with van der Waals surface area (Å²) in [4.78, 5) is 13.6. The number of rotatable bonds is 4. The number of nitrogens with zero attached hydrogens (tertiary/aromatic N) is 5. The molecule has 0 atom stereocenters. The van der Waals surface area contributed by atoms with Crippen LogP contribution in [0.5, 0.6) is 0 Å². The Kier molecular flexibility index (Phi) is 3.12.